The van der Waals surface area contributed by atoms with Gasteiger partial charge in [-0.2, -0.15) is 0 Å². The van der Waals surface area contributed by atoms with Gasteiger partial charge in [0, 0.05) is 18.5 Å². The number of aliphatic carboxylic acids is 1. The highest BCUT2D eigenvalue weighted by Gasteiger charge is 2.47. The van der Waals surface area contributed by atoms with Gasteiger partial charge in [-0.25, -0.2) is 9.18 Å². The van der Waals surface area contributed by atoms with Crippen molar-refractivity contribution < 1.29 is 28.6 Å². The fourth-order valence-electron chi connectivity index (χ4n) is 2.48. The van der Waals surface area contributed by atoms with E-state index in [1.165, 1.54) is 11.0 Å². The number of carboxylic acids is 1. The maximum Gasteiger partial charge on any atom is 0.343 e. The molecule has 1 aromatic rings. The van der Waals surface area contributed by atoms with E-state index in [0.717, 1.165) is 0 Å². The number of likely N-dealkylation sites (tertiary alicyclic amines) is 1. The molecule has 3 rings (SSSR count). The highest BCUT2D eigenvalue weighted by Crippen LogP contribution is 2.32. The molecule has 21 heavy (non-hydrogen) atoms. The Bertz CT molecular complexity index is 605. The highest BCUT2D eigenvalue weighted by molar-refractivity contribution is 5.96. The first-order valence-corrected chi connectivity index (χ1v) is 6.61. The Morgan fingerprint density at radius 2 is 1.95 bits per heavy atom. The van der Waals surface area contributed by atoms with Crippen LogP contribution in [0.1, 0.15) is 16.8 Å². The Labute approximate surface area is 120 Å². The Balaban J connectivity index is 1.79. The van der Waals surface area contributed by atoms with Crippen molar-refractivity contribution in [1.29, 1.82) is 0 Å². The first-order chi connectivity index (χ1) is 9.99. The number of carbonyl (C=O) groups is 2. The van der Waals surface area contributed by atoms with E-state index in [4.69, 9.17) is 14.6 Å². The number of hydrogen-bond donors (Lipinski definition) is 1. The van der Waals surface area contributed by atoms with Gasteiger partial charge in [-0.15, -0.1) is 0 Å². The van der Waals surface area contributed by atoms with Crippen LogP contribution in [0.3, 0.4) is 0 Å². The lowest BCUT2D eigenvalue weighted by Gasteiger charge is -2.21. The van der Waals surface area contributed by atoms with Crippen molar-refractivity contribution in [1.82, 2.24) is 4.90 Å². The summed E-state index contributed by atoms with van der Waals surface area (Å²) in [5.74, 6) is -0.909. The second kappa shape index (κ2) is 4.91. The molecule has 1 atom stereocenters. The summed E-state index contributed by atoms with van der Waals surface area (Å²) in [6, 6.07) is 4.72. The first kappa shape index (κ1) is 13.7. The van der Waals surface area contributed by atoms with Crippen molar-refractivity contribution in [2.75, 3.05) is 26.3 Å². The molecule has 0 spiro atoms. The summed E-state index contributed by atoms with van der Waals surface area (Å²) < 4.78 is 24.7. The van der Waals surface area contributed by atoms with Crippen LogP contribution in [-0.4, -0.2) is 53.9 Å². The van der Waals surface area contributed by atoms with E-state index in [2.05, 4.69) is 0 Å². The van der Waals surface area contributed by atoms with Crippen molar-refractivity contribution in [3.8, 4) is 11.5 Å². The standard InChI is InChI=1S/C14H14FNO5/c15-14(13(18)19)3-4-16(8-14)12(17)9-1-2-10-11(7-9)21-6-5-20-10/h1-2,7H,3-6,8H2,(H,18,19). The summed E-state index contributed by atoms with van der Waals surface area (Å²) in [6.45, 7) is 0.502. The molecular formula is C14H14FNO5. The molecule has 1 saturated heterocycles. The molecule has 1 aromatic carbocycles. The van der Waals surface area contributed by atoms with Crippen molar-refractivity contribution in [3.63, 3.8) is 0 Å². The predicted octanol–water partition coefficient (Wildman–Crippen LogP) is 1.10. The molecule has 0 saturated carbocycles. The molecule has 0 radical (unpaired) electrons. The summed E-state index contributed by atoms with van der Waals surface area (Å²) in [6.07, 6.45) is -0.196. The third kappa shape index (κ3) is 2.39. The first-order valence-electron chi connectivity index (χ1n) is 6.61. The topological polar surface area (TPSA) is 76.1 Å². The lowest BCUT2D eigenvalue weighted by Crippen LogP contribution is -2.38. The van der Waals surface area contributed by atoms with Crippen LogP contribution in [0.2, 0.25) is 0 Å². The molecule has 0 aliphatic carbocycles. The molecular weight excluding hydrogens is 281 g/mol. The van der Waals surface area contributed by atoms with Crippen LogP contribution in [-0.2, 0) is 4.79 Å². The van der Waals surface area contributed by atoms with Crippen LogP contribution in [0.25, 0.3) is 0 Å². The van der Waals surface area contributed by atoms with E-state index in [1.807, 2.05) is 0 Å². The molecule has 1 amide bonds. The number of alkyl halides is 1. The van der Waals surface area contributed by atoms with Gasteiger partial charge < -0.3 is 19.5 Å². The number of halogens is 1. The van der Waals surface area contributed by atoms with E-state index >= 15 is 0 Å². The number of nitrogens with zero attached hydrogens (tertiary/aromatic N) is 1. The largest absolute Gasteiger partial charge is 0.486 e. The van der Waals surface area contributed by atoms with E-state index in [9.17, 15) is 14.0 Å². The normalized spacial score (nSPS) is 24.0. The predicted molar refractivity (Wildman–Crippen MR) is 69.4 cm³/mol. The summed E-state index contributed by atoms with van der Waals surface area (Å²) in [7, 11) is 0. The number of rotatable bonds is 2. The number of fused-ring (bicyclic) bond motifs is 1. The number of hydrogen-bond acceptors (Lipinski definition) is 4. The zero-order valence-corrected chi connectivity index (χ0v) is 11.2. The SMILES string of the molecule is O=C(c1ccc2c(c1)OCCO2)N1CCC(F)(C(=O)O)C1. The Hall–Kier alpha value is -2.31. The minimum atomic E-state index is -2.36. The lowest BCUT2D eigenvalue weighted by atomic mass is 10.1. The molecule has 2 heterocycles. The maximum atomic E-state index is 14.0. The molecule has 7 heteroatoms. The Morgan fingerprint density at radius 1 is 1.24 bits per heavy atom. The zero-order chi connectivity index (χ0) is 15.0. The van der Waals surface area contributed by atoms with Crippen LogP contribution in [0.4, 0.5) is 4.39 Å². The monoisotopic (exact) mass is 295 g/mol. The second-order valence-electron chi connectivity index (χ2n) is 5.11. The minimum Gasteiger partial charge on any atom is -0.486 e. The van der Waals surface area contributed by atoms with Gasteiger partial charge in [0.1, 0.15) is 13.2 Å². The number of carboxylic acid groups (broad SMARTS) is 1. The fourth-order valence-corrected chi connectivity index (χ4v) is 2.48. The molecule has 1 N–H and O–H groups in total. The Morgan fingerprint density at radius 3 is 2.62 bits per heavy atom. The van der Waals surface area contributed by atoms with Crippen molar-refractivity contribution >= 4 is 11.9 Å². The molecule has 1 unspecified atom stereocenters. The number of ether oxygens (including phenoxy) is 2. The second-order valence-corrected chi connectivity index (χ2v) is 5.11. The van der Waals surface area contributed by atoms with Gasteiger partial charge in [-0.1, -0.05) is 0 Å². The van der Waals surface area contributed by atoms with Crippen molar-refractivity contribution in [3.05, 3.63) is 23.8 Å². The van der Waals surface area contributed by atoms with Gasteiger partial charge in [-0.05, 0) is 18.2 Å². The van der Waals surface area contributed by atoms with Crippen LogP contribution in [0.15, 0.2) is 18.2 Å². The molecule has 112 valence electrons. The van der Waals surface area contributed by atoms with E-state index < -0.39 is 24.1 Å². The van der Waals surface area contributed by atoms with Gasteiger partial charge in [0.05, 0.1) is 6.54 Å². The van der Waals surface area contributed by atoms with E-state index in [0.29, 0.717) is 30.3 Å². The lowest BCUT2D eigenvalue weighted by molar-refractivity contribution is -0.149. The Kier molecular flexibility index (Phi) is 3.19. The number of amides is 1. The van der Waals surface area contributed by atoms with Gasteiger partial charge in [0.2, 0.25) is 5.67 Å². The van der Waals surface area contributed by atoms with Gasteiger partial charge >= 0.3 is 5.97 Å². The van der Waals surface area contributed by atoms with Crippen LogP contribution >= 0.6 is 0 Å². The smallest absolute Gasteiger partial charge is 0.343 e. The van der Waals surface area contributed by atoms with Gasteiger partial charge in [-0.3, -0.25) is 4.79 Å². The molecule has 2 aliphatic heterocycles. The molecule has 1 fully saturated rings. The summed E-state index contributed by atoms with van der Waals surface area (Å²) in [4.78, 5) is 24.4. The van der Waals surface area contributed by atoms with Crippen molar-refractivity contribution in [2.24, 2.45) is 0 Å². The zero-order valence-electron chi connectivity index (χ0n) is 11.2. The fraction of sp³-hybridized carbons (Fsp3) is 0.429. The summed E-state index contributed by atoms with van der Waals surface area (Å²) in [5, 5.41) is 8.85. The molecule has 0 bridgehead atoms. The summed E-state index contributed by atoms with van der Waals surface area (Å²) in [5.41, 5.74) is -2.03. The van der Waals surface area contributed by atoms with E-state index in [1.54, 1.807) is 12.1 Å². The highest BCUT2D eigenvalue weighted by atomic mass is 19.1. The van der Waals surface area contributed by atoms with Crippen LogP contribution in [0.5, 0.6) is 11.5 Å². The molecule has 0 aromatic heterocycles. The minimum absolute atomic E-state index is 0.0794. The average molecular weight is 295 g/mol. The maximum absolute atomic E-state index is 14.0. The van der Waals surface area contributed by atoms with Crippen LogP contribution in [0, 0.1) is 0 Å². The van der Waals surface area contributed by atoms with Crippen molar-refractivity contribution in [2.45, 2.75) is 12.1 Å². The average Bonchev–Trinajstić information content (AvgIpc) is 2.90. The quantitative estimate of drug-likeness (QED) is 0.884. The van der Waals surface area contributed by atoms with Gasteiger partial charge in [0.15, 0.2) is 11.5 Å². The van der Waals surface area contributed by atoms with E-state index in [-0.39, 0.29) is 13.0 Å². The third-order valence-electron chi connectivity index (χ3n) is 3.68. The molecule has 6 nitrogen and oxygen atoms in total. The van der Waals surface area contributed by atoms with Gasteiger partial charge in [0.25, 0.3) is 5.91 Å². The molecule has 2 aliphatic rings. The number of benzene rings is 1. The summed E-state index contributed by atoms with van der Waals surface area (Å²) >= 11 is 0. The van der Waals surface area contributed by atoms with Crippen LogP contribution < -0.4 is 9.47 Å². The third-order valence-corrected chi connectivity index (χ3v) is 3.68. The number of carbonyl (C=O) groups excluding carboxylic acids is 1.